The normalized spacial score (nSPS) is 10.3. The Labute approximate surface area is 91.5 Å². The van der Waals surface area contributed by atoms with Gasteiger partial charge in [0, 0.05) is 18.5 Å². The minimum absolute atomic E-state index is 0.341. The van der Waals surface area contributed by atoms with E-state index < -0.39 is 0 Å². The molecule has 78 valence electrons. The molecule has 15 heavy (non-hydrogen) atoms. The number of aromatic nitrogens is 3. The molecule has 0 aliphatic carbocycles. The van der Waals surface area contributed by atoms with Crippen LogP contribution in [0.2, 0.25) is 5.15 Å². The highest BCUT2D eigenvalue weighted by Crippen LogP contribution is 2.15. The van der Waals surface area contributed by atoms with E-state index >= 15 is 0 Å². The second-order valence-corrected chi connectivity index (χ2v) is 3.34. The second-order valence-electron chi connectivity index (χ2n) is 2.98. The molecule has 6 heteroatoms. The summed E-state index contributed by atoms with van der Waals surface area (Å²) < 4.78 is 5.02. The lowest BCUT2D eigenvalue weighted by Crippen LogP contribution is -2.01. The largest absolute Gasteiger partial charge is 0.360 e. The average Bonchev–Trinajstić information content (AvgIpc) is 2.63. The minimum atomic E-state index is 0.341. The van der Waals surface area contributed by atoms with E-state index in [2.05, 4.69) is 20.4 Å². The fourth-order valence-corrected chi connectivity index (χ4v) is 1.28. The number of halogens is 1. The summed E-state index contributed by atoms with van der Waals surface area (Å²) >= 11 is 5.81. The SMILES string of the molecule is Cc1cc(CNc2nccnc2Cl)on1. The Kier molecular flexibility index (Phi) is 2.82. The van der Waals surface area contributed by atoms with Crippen molar-refractivity contribution in [1.82, 2.24) is 15.1 Å². The van der Waals surface area contributed by atoms with Gasteiger partial charge in [0.1, 0.15) is 0 Å². The number of hydrogen-bond acceptors (Lipinski definition) is 5. The lowest BCUT2D eigenvalue weighted by molar-refractivity contribution is 0.384. The lowest BCUT2D eigenvalue weighted by Gasteiger charge is -2.02. The summed E-state index contributed by atoms with van der Waals surface area (Å²) in [7, 11) is 0. The van der Waals surface area contributed by atoms with Crippen LogP contribution in [0.5, 0.6) is 0 Å². The highest BCUT2D eigenvalue weighted by atomic mass is 35.5. The first kappa shape index (κ1) is 9.92. The summed E-state index contributed by atoms with van der Waals surface area (Å²) in [6.07, 6.45) is 3.10. The first-order valence-electron chi connectivity index (χ1n) is 4.38. The van der Waals surface area contributed by atoms with Gasteiger partial charge in [-0.15, -0.1) is 0 Å². The van der Waals surface area contributed by atoms with Gasteiger partial charge >= 0.3 is 0 Å². The molecule has 2 aromatic rings. The predicted octanol–water partition coefficient (Wildman–Crippen LogP) is 2.04. The maximum Gasteiger partial charge on any atom is 0.171 e. The molecule has 0 atom stereocenters. The first-order chi connectivity index (χ1) is 7.25. The Morgan fingerprint density at radius 3 is 2.87 bits per heavy atom. The minimum Gasteiger partial charge on any atom is -0.360 e. The fourth-order valence-electron chi connectivity index (χ4n) is 1.11. The Morgan fingerprint density at radius 1 is 1.40 bits per heavy atom. The van der Waals surface area contributed by atoms with Crippen molar-refractivity contribution in [2.24, 2.45) is 0 Å². The standard InChI is InChI=1S/C9H9ClN4O/c1-6-4-7(15-14-6)5-13-9-8(10)11-2-3-12-9/h2-4H,5H2,1H3,(H,12,13). The summed E-state index contributed by atoms with van der Waals surface area (Å²) in [5.74, 6) is 1.27. The summed E-state index contributed by atoms with van der Waals surface area (Å²) in [6, 6.07) is 1.84. The molecule has 2 rings (SSSR count). The van der Waals surface area contributed by atoms with Crippen molar-refractivity contribution in [2.75, 3.05) is 5.32 Å². The van der Waals surface area contributed by atoms with E-state index in [1.165, 1.54) is 6.20 Å². The number of anilines is 1. The van der Waals surface area contributed by atoms with Crippen LogP contribution in [0.4, 0.5) is 5.82 Å². The van der Waals surface area contributed by atoms with E-state index in [0.717, 1.165) is 11.5 Å². The molecule has 0 radical (unpaired) electrons. The molecule has 0 saturated heterocycles. The lowest BCUT2D eigenvalue weighted by atomic mass is 10.4. The van der Waals surface area contributed by atoms with Crippen LogP contribution >= 0.6 is 11.6 Å². The van der Waals surface area contributed by atoms with Crippen molar-refractivity contribution < 1.29 is 4.52 Å². The van der Waals surface area contributed by atoms with E-state index in [-0.39, 0.29) is 0 Å². The predicted molar refractivity (Wildman–Crippen MR) is 55.6 cm³/mol. The van der Waals surface area contributed by atoms with Gasteiger partial charge in [-0.05, 0) is 6.92 Å². The first-order valence-corrected chi connectivity index (χ1v) is 4.76. The number of nitrogens with one attached hydrogen (secondary N) is 1. The van der Waals surface area contributed by atoms with Gasteiger partial charge in [-0.2, -0.15) is 0 Å². The van der Waals surface area contributed by atoms with Crippen LogP contribution in [0.3, 0.4) is 0 Å². The van der Waals surface area contributed by atoms with Gasteiger partial charge in [0.2, 0.25) is 0 Å². The van der Waals surface area contributed by atoms with E-state index in [1.54, 1.807) is 6.20 Å². The highest BCUT2D eigenvalue weighted by molar-refractivity contribution is 6.31. The zero-order valence-electron chi connectivity index (χ0n) is 8.07. The van der Waals surface area contributed by atoms with Crippen LogP contribution in [0.25, 0.3) is 0 Å². The summed E-state index contributed by atoms with van der Waals surface area (Å²) in [5.41, 5.74) is 0.844. The smallest absolute Gasteiger partial charge is 0.171 e. The third-order valence-electron chi connectivity index (χ3n) is 1.76. The Hall–Kier alpha value is -1.62. The Bertz CT molecular complexity index is 457. The van der Waals surface area contributed by atoms with Crippen LogP contribution in [0.1, 0.15) is 11.5 Å². The van der Waals surface area contributed by atoms with Gasteiger partial charge in [-0.25, -0.2) is 9.97 Å². The topological polar surface area (TPSA) is 63.8 Å². The highest BCUT2D eigenvalue weighted by Gasteiger charge is 2.04. The molecule has 2 aromatic heterocycles. The van der Waals surface area contributed by atoms with Gasteiger partial charge in [0.25, 0.3) is 0 Å². The molecule has 0 bridgehead atoms. The van der Waals surface area contributed by atoms with Crippen molar-refractivity contribution in [3.05, 3.63) is 35.1 Å². The van der Waals surface area contributed by atoms with Crippen LogP contribution in [0.15, 0.2) is 23.0 Å². The molecular formula is C9H9ClN4O. The monoisotopic (exact) mass is 224 g/mol. The van der Waals surface area contributed by atoms with E-state index in [1.807, 2.05) is 13.0 Å². The summed E-state index contributed by atoms with van der Waals surface area (Å²) in [4.78, 5) is 7.92. The van der Waals surface area contributed by atoms with Crippen LogP contribution in [-0.4, -0.2) is 15.1 Å². The molecule has 0 aromatic carbocycles. The molecular weight excluding hydrogens is 216 g/mol. The van der Waals surface area contributed by atoms with Crippen molar-refractivity contribution >= 4 is 17.4 Å². The zero-order valence-corrected chi connectivity index (χ0v) is 8.82. The zero-order chi connectivity index (χ0) is 10.7. The maximum absolute atomic E-state index is 5.81. The van der Waals surface area contributed by atoms with Crippen LogP contribution in [-0.2, 0) is 6.54 Å². The van der Waals surface area contributed by atoms with E-state index in [4.69, 9.17) is 16.1 Å². The molecule has 0 amide bonds. The Balaban J connectivity index is 2.02. The molecule has 0 aliphatic heterocycles. The molecule has 0 unspecified atom stereocenters. The summed E-state index contributed by atoms with van der Waals surface area (Å²) in [5, 5.41) is 7.11. The number of hydrogen-bond donors (Lipinski definition) is 1. The molecule has 0 saturated carbocycles. The summed E-state index contributed by atoms with van der Waals surface area (Å²) in [6.45, 7) is 2.35. The van der Waals surface area contributed by atoms with Gasteiger partial charge in [-0.1, -0.05) is 16.8 Å². The van der Waals surface area contributed by atoms with Gasteiger partial charge in [-0.3, -0.25) is 0 Å². The molecule has 5 nitrogen and oxygen atoms in total. The second kappa shape index (κ2) is 4.27. The maximum atomic E-state index is 5.81. The number of nitrogens with zero attached hydrogens (tertiary/aromatic N) is 3. The van der Waals surface area contributed by atoms with Crippen molar-refractivity contribution in [2.45, 2.75) is 13.5 Å². The third kappa shape index (κ3) is 2.44. The average molecular weight is 225 g/mol. The molecule has 0 spiro atoms. The fraction of sp³-hybridized carbons (Fsp3) is 0.222. The van der Waals surface area contributed by atoms with Gasteiger partial charge in [0.15, 0.2) is 16.7 Å². The number of aryl methyl sites for hydroxylation is 1. The van der Waals surface area contributed by atoms with Gasteiger partial charge in [0.05, 0.1) is 12.2 Å². The van der Waals surface area contributed by atoms with Gasteiger partial charge < -0.3 is 9.84 Å². The Morgan fingerprint density at radius 2 is 2.20 bits per heavy atom. The number of rotatable bonds is 3. The molecule has 0 fully saturated rings. The molecule has 2 heterocycles. The van der Waals surface area contributed by atoms with Crippen molar-refractivity contribution in [3.63, 3.8) is 0 Å². The van der Waals surface area contributed by atoms with Crippen LogP contribution in [0, 0.1) is 6.92 Å². The molecule has 0 aliphatic rings. The van der Waals surface area contributed by atoms with E-state index in [0.29, 0.717) is 17.5 Å². The van der Waals surface area contributed by atoms with Crippen LogP contribution < -0.4 is 5.32 Å². The quantitative estimate of drug-likeness (QED) is 0.864. The van der Waals surface area contributed by atoms with E-state index in [9.17, 15) is 0 Å². The van der Waals surface area contributed by atoms with Crippen molar-refractivity contribution in [1.29, 1.82) is 0 Å². The molecule has 1 N–H and O–H groups in total. The van der Waals surface area contributed by atoms with Crippen molar-refractivity contribution in [3.8, 4) is 0 Å². The third-order valence-corrected chi connectivity index (χ3v) is 2.04.